The van der Waals surface area contributed by atoms with Crippen LogP contribution in [0, 0.1) is 5.92 Å². The van der Waals surface area contributed by atoms with Crippen LogP contribution in [0.1, 0.15) is 26.1 Å². The lowest BCUT2D eigenvalue weighted by Gasteiger charge is -2.07. The Morgan fingerprint density at radius 2 is 2.31 bits per heavy atom. The van der Waals surface area contributed by atoms with Gasteiger partial charge in [0, 0.05) is 18.8 Å². The van der Waals surface area contributed by atoms with E-state index in [0.29, 0.717) is 11.8 Å². The molecule has 4 heteroatoms. The Morgan fingerprint density at radius 3 is 2.92 bits per heavy atom. The maximum atomic E-state index is 5.62. The van der Waals surface area contributed by atoms with Crippen LogP contribution in [-0.4, -0.2) is 20.6 Å². The van der Waals surface area contributed by atoms with Gasteiger partial charge < -0.3 is 0 Å². The smallest absolute Gasteiger partial charge is 0.138 e. The zero-order valence-electron chi connectivity index (χ0n) is 8.20. The van der Waals surface area contributed by atoms with Crippen LogP contribution in [0.15, 0.2) is 6.33 Å². The molecule has 0 fully saturated rings. The average Bonchev–Trinajstić information content (AvgIpc) is 2.48. The molecule has 0 saturated carbocycles. The van der Waals surface area contributed by atoms with E-state index in [-0.39, 0.29) is 0 Å². The van der Waals surface area contributed by atoms with Crippen molar-refractivity contribution in [2.45, 2.75) is 33.2 Å². The monoisotopic (exact) mass is 201 g/mol. The van der Waals surface area contributed by atoms with E-state index in [2.05, 4.69) is 23.9 Å². The van der Waals surface area contributed by atoms with Crippen molar-refractivity contribution in [2.24, 2.45) is 5.92 Å². The predicted octanol–water partition coefficient (Wildman–Crippen LogP) is 2.11. The second kappa shape index (κ2) is 5.22. The third kappa shape index (κ3) is 3.35. The molecule has 0 atom stereocenters. The molecule has 1 heterocycles. The highest BCUT2D eigenvalue weighted by atomic mass is 35.5. The van der Waals surface area contributed by atoms with Gasteiger partial charge in [-0.3, -0.25) is 0 Å². The van der Waals surface area contributed by atoms with E-state index in [1.165, 1.54) is 0 Å². The second-order valence-electron chi connectivity index (χ2n) is 3.54. The van der Waals surface area contributed by atoms with Crippen LogP contribution in [-0.2, 0) is 13.0 Å². The minimum absolute atomic E-state index is 0.608. The Kier molecular flexibility index (Phi) is 4.22. The zero-order valence-corrected chi connectivity index (χ0v) is 8.96. The second-order valence-corrected chi connectivity index (χ2v) is 3.92. The molecule has 0 bridgehead atoms. The Hall–Kier alpha value is -0.570. The van der Waals surface area contributed by atoms with Gasteiger partial charge in [-0.15, -0.1) is 11.6 Å². The molecule has 0 N–H and O–H groups in total. The van der Waals surface area contributed by atoms with Crippen LogP contribution in [0.25, 0.3) is 0 Å². The first-order valence-corrected chi connectivity index (χ1v) is 5.20. The summed E-state index contributed by atoms with van der Waals surface area (Å²) in [5.41, 5.74) is 0. The Morgan fingerprint density at radius 1 is 1.54 bits per heavy atom. The van der Waals surface area contributed by atoms with Gasteiger partial charge in [-0.25, -0.2) is 9.67 Å². The van der Waals surface area contributed by atoms with E-state index < -0.39 is 0 Å². The summed E-state index contributed by atoms with van der Waals surface area (Å²) in [7, 11) is 0. The number of aromatic nitrogens is 3. The summed E-state index contributed by atoms with van der Waals surface area (Å²) < 4.78 is 1.97. The summed E-state index contributed by atoms with van der Waals surface area (Å²) in [5, 5.41) is 4.17. The van der Waals surface area contributed by atoms with Gasteiger partial charge in [0.05, 0.1) is 0 Å². The standard InChI is InChI=1S/C9H16ClN3/c1-8(2)6-13-9(4-3-5-10)11-7-12-13/h7-8H,3-6H2,1-2H3. The Labute approximate surface area is 84.1 Å². The SMILES string of the molecule is CC(C)Cn1ncnc1CCCCl. The molecule has 0 saturated heterocycles. The third-order valence-corrected chi connectivity index (χ3v) is 2.04. The predicted molar refractivity (Wildman–Crippen MR) is 53.9 cm³/mol. The van der Waals surface area contributed by atoms with Crippen molar-refractivity contribution >= 4 is 11.6 Å². The fourth-order valence-electron chi connectivity index (χ4n) is 1.21. The van der Waals surface area contributed by atoms with Gasteiger partial charge in [-0.2, -0.15) is 5.10 Å². The van der Waals surface area contributed by atoms with Crippen LogP contribution >= 0.6 is 11.6 Å². The number of rotatable bonds is 5. The van der Waals surface area contributed by atoms with E-state index in [0.717, 1.165) is 25.2 Å². The maximum Gasteiger partial charge on any atom is 0.138 e. The summed E-state index contributed by atoms with van der Waals surface area (Å²) in [6.07, 6.45) is 3.51. The van der Waals surface area contributed by atoms with Gasteiger partial charge in [0.2, 0.25) is 0 Å². The Bertz CT molecular complexity index is 245. The molecule has 0 aliphatic carbocycles. The molecule has 0 amide bonds. The lowest BCUT2D eigenvalue weighted by atomic mass is 10.2. The van der Waals surface area contributed by atoms with E-state index in [1.807, 2.05) is 4.68 Å². The van der Waals surface area contributed by atoms with Crippen LogP contribution < -0.4 is 0 Å². The molecular weight excluding hydrogens is 186 g/mol. The largest absolute Gasteiger partial charge is 0.250 e. The van der Waals surface area contributed by atoms with Crippen LogP contribution in [0.2, 0.25) is 0 Å². The van der Waals surface area contributed by atoms with Gasteiger partial charge in [0.15, 0.2) is 0 Å². The van der Waals surface area contributed by atoms with Crippen LogP contribution in [0.4, 0.5) is 0 Å². The van der Waals surface area contributed by atoms with Crippen molar-refractivity contribution in [3.8, 4) is 0 Å². The van der Waals surface area contributed by atoms with Gasteiger partial charge in [0.1, 0.15) is 12.2 Å². The van der Waals surface area contributed by atoms with E-state index in [9.17, 15) is 0 Å². The number of nitrogens with zero attached hydrogens (tertiary/aromatic N) is 3. The first-order chi connectivity index (χ1) is 6.24. The number of hydrogen-bond acceptors (Lipinski definition) is 2. The van der Waals surface area contributed by atoms with E-state index in [1.54, 1.807) is 6.33 Å². The quantitative estimate of drug-likeness (QED) is 0.684. The number of hydrogen-bond donors (Lipinski definition) is 0. The van der Waals surface area contributed by atoms with Crippen molar-refractivity contribution in [1.82, 2.24) is 14.8 Å². The van der Waals surface area contributed by atoms with Gasteiger partial charge in [-0.1, -0.05) is 13.8 Å². The van der Waals surface area contributed by atoms with Crippen molar-refractivity contribution in [1.29, 1.82) is 0 Å². The summed E-state index contributed by atoms with van der Waals surface area (Å²) >= 11 is 5.62. The van der Waals surface area contributed by atoms with Crippen molar-refractivity contribution in [2.75, 3.05) is 5.88 Å². The van der Waals surface area contributed by atoms with Gasteiger partial charge in [0.25, 0.3) is 0 Å². The number of halogens is 1. The molecule has 3 nitrogen and oxygen atoms in total. The van der Waals surface area contributed by atoms with Crippen molar-refractivity contribution in [3.63, 3.8) is 0 Å². The summed E-state index contributed by atoms with van der Waals surface area (Å²) in [4.78, 5) is 4.20. The molecule has 0 radical (unpaired) electrons. The van der Waals surface area contributed by atoms with Gasteiger partial charge in [-0.05, 0) is 12.3 Å². The molecule has 1 aromatic heterocycles. The van der Waals surface area contributed by atoms with E-state index >= 15 is 0 Å². The summed E-state index contributed by atoms with van der Waals surface area (Å²) in [6.45, 7) is 5.29. The molecular formula is C9H16ClN3. The lowest BCUT2D eigenvalue weighted by Crippen LogP contribution is -2.10. The lowest BCUT2D eigenvalue weighted by molar-refractivity contribution is 0.465. The maximum absolute atomic E-state index is 5.62. The highest BCUT2D eigenvalue weighted by Crippen LogP contribution is 2.03. The third-order valence-electron chi connectivity index (χ3n) is 1.77. The molecule has 1 aromatic rings. The molecule has 0 spiro atoms. The molecule has 13 heavy (non-hydrogen) atoms. The van der Waals surface area contributed by atoms with Gasteiger partial charge >= 0.3 is 0 Å². The molecule has 74 valence electrons. The fourth-order valence-corrected chi connectivity index (χ4v) is 1.34. The molecule has 0 aromatic carbocycles. The van der Waals surface area contributed by atoms with Crippen LogP contribution in [0.3, 0.4) is 0 Å². The minimum atomic E-state index is 0.608. The number of aryl methyl sites for hydroxylation is 1. The molecule has 0 aliphatic rings. The summed E-state index contributed by atoms with van der Waals surface area (Å²) in [5.74, 6) is 2.35. The first-order valence-electron chi connectivity index (χ1n) is 4.66. The first kappa shape index (κ1) is 10.5. The molecule has 0 aliphatic heterocycles. The van der Waals surface area contributed by atoms with Crippen molar-refractivity contribution < 1.29 is 0 Å². The molecule has 0 unspecified atom stereocenters. The van der Waals surface area contributed by atoms with Crippen LogP contribution in [0.5, 0.6) is 0 Å². The highest BCUT2D eigenvalue weighted by molar-refractivity contribution is 6.17. The normalized spacial score (nSPS) is 11.1. The fraction of sp³-hybridized carbons (Fsp3) is 0.778. The highest BCUT2D eigenvalue weighted by Gasteiger charge is 2.04. The number of alkyl halides is 1. The van der Waals surface area contributed by atoms with Crippen molar-refractivity contribution in [3.05, 3.63) is 12.2 Å². The minimum Gasteiger partial charge on any atom is -0.250 e. The molecule has 1 rings (SSSR count). The zero-order chi connectivity index (χ0) is 9.68. The Balaban J connectivity index is 2.55. The summed E-state index contributed by atoms with van der Waals surface area (Å²) in [6, 6.07) is 0. The average molecular weight is 202 g/mol. The topological polar surface area (TPSA) is 30.7 Å². The van der Waals surface area contributed by atoms with E-state index in [4.69, 9.17) is 11.6 Å².